The molecule has 0 aromatic heterocycles. The van der Waals surface area contributed by atoms with Gasteiger partial charge in [-0.05, 0) is 118 Å². The van der Waals surface area contributed by atoms with Crippen molar-refractivity contribution in [1.29, 1.82) is 0 Å². The number of aryl methyl sites for hydroxylation is 1. The minimum atomic E-state index is -3.96. The SMILES string of the molecule is CC#C/C1=C\[C@@H](O)CC[C@@H](C)S(=O)(=O)NC(=O)c2ccc3c(c2)N(C[C@@H]2CC[C@@H]12)C[C@@]1(CCCc2cc(Cl)ccc21)CO3. The maximum atomic E-state index is 13.3. The number of nitrogens with one attached hydrogen (secondary N) is 1. The molecule has 1 saturated carbocycles. The summed E-state index contributed by atoms with van der Waals surface area (Å²) in [6.45, 7) is 5.28. The van der Waals surface area contributed by atoms with Crippen LogP contribution >= 0.6 is 11.6 Å². The maximum Gasteiger partial charge on any atom is 0.264 e. The van der Waals surface area contributed by atoms with Crippen LogP contribution in [0.5, 0.6) is 5.75 Å². The van der Waals surface area contributed by atoms with Crippen molar-refractivity contribution in [2.75, 3.05) is 24.6 Å². The van der Waals surface area contributed by atoms with Crippen molar-refractivity contribution in [2.24, 2.45) is 11.8 Å². The number of fused-ring (bicyclic) bond motifs is 4. The van der Waals surface area contributed by atoms with Crippen LogP contribution in [-0.4, -0.2) is 50.5 Å². The fraction of sp³-hybridized carbons (Fsp3) is 0.500. The number of aliphatic hydroxyl groups is 1. The van der Waals surface area contributed by atoms with Crippen LogP contribution in [0.4, 0.5) is 5.69 Å². The lowest BCUT2D eigenvalue weighted by atomic mass is 9.68. The minimum Gasteiger partial charge on any atom is -0.490 e. The molecule has 2 aliphatic carbocycles. The Morgan fingerprint density at radius 3 is 2.74 bits per heavy atom. The van der Waals surface area contributed by atoms with Gasteiger partial charge in [-0.15, -0.1) is 5.92 Å². The third-order valence-electron chi connectivity index (χ3n) is 9.85. The Kier molecular flexibility index (Phi) is 8.27. The molecule has 1 fully saturated rings. The molecule has 1 amide bonds. The molecule has 2 aromatic carbocycles. The number of ether oxygens (including phenoxy) is 1. The fourth-order valence-electron chi connectivity index (χ4n) is 7.28. The van der Waals surface area contributed by atoms with Gasteiger partial charge in [0.2, 0.25) is 10.0 Å². The number of rotatable bonds is 0. The van der Waals surface area contributed by atoms with Crippen LogP contribution in [0.1, 0.15) is 73.9 Å². The summed E-state index contributed by atoms with van der Waals surface area (Å²) in [7, 11) is -3.96. The van der Waals surface area contributed by atoms with E-state index in [9.17, 15) is 18.3 Å². The van der Waals surface area contributed by atoms with Crippen molar-refractivity contribution < 1.29 is 23.1 Å². The van der Waals surface area contributed by atoms with E-state index in [1.165, 1.54) is 11.1 Å². The molecule has 0 saturated heterocycles. The molecule has 7 nitrogen and oxygen atoms in total. The molecule has 6 rings (SSSR count). The van der Waals surface area contributed by atoms with Crippen LogP contribution in [0.25, 0.3) is 0 Å². The number of aliphatic hydroxyl groups excluding tert-OH is 1. The van der Waals surface area contributed by atoms with E-state index in [-0.39, 0.29) is 29.7 Å². The van der Waals surface area contributed by atoms with E-state index >= 15 is 0 Å². The van der Waals surface area contributed by atoms with E-state index in [4.69, 9.17) is 16.3 Å². The van der Waals surface area contributed by atoms with Crippen molar-refractivity contribution >= 4 is 33.2 Å². The highest BCUT2D eigenvalue weighted by Gasteiger charge is 2.44. The predicted molar refractivity (Wildman–Crippen MR) is 169 cm³/mol. The topological polar surface area (TPSA) is 95.9 Å². The summed E-state index contributed by atoms with van der Waals surface area (Å²) in [5.41, 5.74) is 4.23. The zero-order valence-corrected chi connectivity index (χ0v) is 26.3. The Balaban J connectivity index is 1.45. The van der Waals surface area contributed by atoms with Gasteiger partial charge in [-0.1, -0.05) is 23.6 Å². The number of benzene rings is 2. The number of halogens is 1. The first-order valence-electron chi connectivity index (χ1n) is 15.3. The van der Waals surface area contributed by atoms with Gasteiger partial charge in [0.1, 0.15) is 5.75 Å². The van der Waals surface area contributed by atoms with Gasteiger partial charge in [-0.3, -0.25) is 4.79 Å². The zero-order chi connectivity index (χ0) is 30.4. The van der Waals surface area contributed by atoms with Gasteiger partial charge >= 0.3 is 0 Å². The molecule has 2 bridgehead atoms. The van der Waals surface area contributed by atoms with E-state index in [0.29, 0.717) is 24.8 Å². The monoisotopic (exact) mass is 622 g/mol. The van der Waals surface area contributed by atoms with Gasteiger partial charge < -0.3 is 14.7 Å². The van der Waals surface area contributed by atoms with Crippen LogP contribution in [0.2, 0.25) is 5.02 Å². The molecule has 4 aliphatic rings. The number of sulfonamides is 1. The minimum absolute atomic E-state index is 0.198. The molecule has 2 N–H and O–H groups in total. The van der Waals surface area contributed by atoms with Crippen molar-refractivity contribution in [3.63, 3.8) is 0 Å². The summed E-state index contributed by atoms with van der Waals surface area (Å²) in [5, 5.41) is 10.8. The highest BCUT2D eigenvalue weighted by Crippen LogP contribution is 2.47. The first kappa shape index (κ1) is 30.1. The average Bonchev–Trinajstić information content (AvgIpc) is 3.10. The number of carbonyl (C=O) groups excluding carboxylic acids is 1. The molecular weight excluding hydrogens is 584 g/mol. The quantitative estimate of drug-likeness (QED) is 0.383. The van der Waals surface area contributed by atoms with Gasteiger partial charge in [-0.2, -0.15) is 0 Å². The molecule has 5 atom stereocenters. The molecule has 2 heterocycles. The lowest BCUT2D eigenvalue weighted by Gasteiger charge is -2.44. The first-order valence-corrected chi connectivity index (χ1v) is 17.2. The highest BCUT2D eigenvalue weighted by molar-refractivity contribution is 7.90. The van der Waals surface area contributed by atoms with Crippen LogP contribution in [-0.2, 0) is 21.9 Å². The maximum absolute atomic E-state index is 13.3. The molecule has 43 heavy (non-hydrogen) atoms. The van der Waals surface area contributed by atoms with Crippen LogP contribution in [0, 0.1) is 23.7 Å². The van der Waals surface area contributed by atoms with Gasteiger partial charge in [-0.25, -0.2) is 13.1 Å². The first-order chi connectivity index (χ1) is 20.6. The number of allylic oxidation sites excluding steroid dienone is 1. The summed E-state index contributed by atoms with van der Waals surface area (Å²) in [6.07, 6.45) is 6.43. The smallest absolute Gasteiger partial charge is 0.264 e. The highest BCUT2D eigenvalue weighted by atomic mass is 35.5. The zero-order valence-electron chi connectivity index (χ0n) is 24.7. The second kappa shape index (κ2) is 11.8. The Hall–Kier alpha value is -2.99. The lowest BCUT2D eigenvalue weighted by Crippen LogP contribution is -2.48. The van der Waals surface area contributed by atoms with Gasteiger partial charge in [0.05, 0.1) is 23.6 Å². The third-order valence-corrected chi connectivity index (χ3v) is 11.8. The summed E-state index contributed by atoms with van der Waals surface area (Å²) >= 11 is 6.40. The van der Waals surface area contributed by atoms with Crippen LogP contribution in [0.15, 0.2) is 48.0 Å². The van der Waals surface area contributed by atoms with Gasteiger partial charge in [0, 0.05) is 34.7 Å². The van der Waals surface area contributed by atoms with Crippen molar-refractivity contribution in [2.45, 2.75) is 75.6 Å². The standard InChI is InChI=1S/C34H39ClN2O5S/c1-3-5-23-17-28(38)11-7-22(2)43(40,41)36-33(39)25-9-14-32-31(18-25)37(19-26-8-12-29(23)26)20-34(21-42-32)15-4-6-24-16-27(35)10-13-30(24)34/h9-10,13-14,16-18,22,26,28-29,38H,4,6-8,11-12,15,19-21H2,1-2H3,(H,36,39)/b23-17+/t22-,26+,28+,29+,34+/m1/s1. The molecule has 2 aromatic rings. The second-order valence-corrected chi connectivity index (χ2v) is 15.2. The number of nitrogens with zero attached hydrogens (tertiary/aromatic N) is 1. The Bertz CT molecular complexity index is 1630. The summed E-state index contributed by atoms with van der Waals surface area (Å²) < 4.78 is 35.0. The summed E-state index contributed by atoms with van der Waals surface area (Å²) in [6, 6.07) is 11.4. The molecule has 2 aliphatic heterocycles. The Morgan fingerprint density at radius 2 is 1.98 bits per heavy atom. The third kappa shape index (κ3) is 5.92. The Labute approximate surface area is 259 Å². The van der Waals surface area contributed by atoms with Crippen molar-refractivity contribution in [3.8, 4) is 17.6 Å². The normalized spacial score (nSPS) is 31.4. The van der Waals surface area contributed by atoms with Crippen molar-refractivity contribution in [3.05, 3.63) is 69.8 Å². The Morgan fingerprint density at radius 1 is 1.14 bits per heavy atom. The number of hydrogen-bond acceptors (Lipinski definition) is 6. The second-order valence-electron chi connectivity index (χ2n) is 12.7. The van der Waals surface area contributed by atoms with E-state index in [2.05, 4.69) is 33.6 Å². The van der Waals surface area contributed by atoms with E-state index in [1.54, 1.807) is 32.0 Å². The molecule has 9 heteroatoms. The van der Waals surface area contributed by atoms with Crippen LogP contribution in [0.3, 0.4) is 0 Å². The summed E-state index contributed by atoms with van der Waals surface area (Å²) in [4.78, 5) is 15.6. The molecule has 228 valence electrons. The molecular formula is C34H39ClN2O5S. The summed E-state index contributed by atoms with van der Waals surface area (Å²) in [5.74, 6) is 6.80. The number of anilines is 1. The van der Waals surface area contributed by atoms with Gasteiger partial charge in [0.15, 0.2) is 0 Å². The van der Waals surface area contributed by atoms with Gasteiger partial charge in [0.25, 0.3) is 5.91 Å². The van der Waals surface area contributed by atoms with Crippen LogP contribution < -0.4 is 14.4 Å². The lowest BCUT2D eigenvalue weighted by molar-refractivity contribution is 0.0981. The van der Waals surface area contributed by atoms with E-state index in [0.717, 1.165) is 54.9 Å². The van der Waals surface area contributed by atoms with E-state index in [1.807, 2.05) is 12.1 Å². The average molecular weight is 623 g/mol. The molecule has 0 unspecified atom stereocenters. The van der Waals surface area contributed by atoms with E-state index < -0.39 is 27.3 Å². The largest absolute Gasteiger partial charge is 0.490 e. The number of carbonyl (C=O) groups is 1. The predicted octanol–water partition coefficient (Wildman–Crippen LogP) is 5.39. The molecule has 0 radical (unpaired) electrons. The number of amides is 1. The van der Waals surface area contributed by atoms with Crippen molar-refractivity contribution in [1.82, 2.24) is 4.72 Å². The molecule has 1 spiro atoms. The number of hydrogen-bond donors (Lipinski definition) is 2. The fourth-order valence-corrected chi connectivity index (χ4v) is 8.50.